The van der Waals surface area contributed by atoms with E-state index in [1.54, 1.807) is 11.4 Å². The molecular weight excluding hydrogens is 300 g/mol. The molecule has 8 heteroatoms. The van der Waals surface area contributed by atoms with Crippen molar-refractivity contribution in [3.63, 3.8) is 0 Å². The molecule has 0 fully saturated rings. The molecule has 0 aromatic carbocycles. The summed E-state index contributed by atoms with van der Waals surface area (Å²) in [5, 5.41) is 20.3. The molecule has 0 radical (unpaired) electrons. The van der Waals surface area contributed by atoms with E-state index in [0.717, 1.165) is 16.2 Å². The second-order valence-corrected chi connectivity index (χ2v) is 5.55. The van der Waals surface area contributed by atoms with E-state index < -0.39 is 5.97 Å². The van der Waals surface area contributed by atoms with Gasteiger partial charge < -0.3 is 14.3 Å². The monoisotopic (exact) mass is 308 g/mol. The van der Waals surface area contributed by atoms with Gasteiger partial charge in [-0.25, -0.2) is 4.79 Å². The van der Waals surface area contributed by atoms with Crippen molar-refractivity contribution < 1.29 is 19.1 Å². The summed E-state index contributed by atoms with van der Waals surface area (Å²) in [4.78, 5) is 12.0. The van der Waals surface area contributed by atoms with Crippen molar-refractivity contribution >= 4 is 28.6 Å². The predicted octanol–water partition coefficient (Wildman–Crippen LogP) is 3.14. The Bertz CT molecular complexity index is 717. The van der Waals surface area contributed by atoms with Crippen LogP contribution in [0.4, 0.5) is 0 Å². The minimum absolute atomic E-state index is 0.0371. The second kappa shape index (κ2) is 5.43. The van der Waals surface area contributed by atoms with Gasteiger partial charge in [0.1, 0.15) is 5.75 Å². The van der Waals surface area contributed by atoms with Crippen LogP contribution in [0, 0.1) is 0 Å². The van der Waals surface area contributed by atoms with Crippen molar-refractivity contribution in [3.05, 3.63) is 39.7 Å². The first-order chi connectivity index (χ1) is 9.74. The van der Waals surface area contributed by atoms with Crippen molar-refractivity contribution in [2.45, 2.75) is 6.61 Å². The Labute approximate surface area is 121 Å². The van der Waals surface area contributed by atoms with Crippen LogP contribution in [0.15, 0.2) is 33.4 Å². The summed E-state index contributed by atoms with van der Waals surface area (Å²) >= 11 is 2.60. The highest BCUT2D eigenvalue weighted by Gasteiger charge is 2.15. The molecule has 0 atom stereocenters. The third-order valence-corrected chi connectivity index (χ3v) is 4.11. The fourth-order valence-electron chi connectivity index (χ4n) is 1.52. The molecule has 0 aliphatic rings. The molecule has 3 aromatic heterocycles. The van der Waals surface area contributed by atoms with Crippen molar-refractivity contribution in [3.8, 4) is 16.5 Å². The van der Waals surface area contributed by atoms with Gasteiger partial charge in [0.05, 0.1) is 4.88 Å². The summed E-state index contributed by atoms with van der Waals surface area (Å²) in [6.07, 6.45) is 0. The fourth-order valence-corrected chi connectivity index (χ4v) is 2.83. The Kier molecular flexibility index (Phi) is 3.48. The van der Waals surface area contributed by atoms with Gasteiger partial charge in [0, 0.05) is 0 Å². The van der Waals surface area contributed by atoms with E-state index in [9.17, 15) is 4.79 Å². The second-order valence-electron chi connectivity index (χ2n) is 3.69. The van der Waals surface area contributed by atoms with E-state index in [0.29, 0.717) is 17.5 Å². The summed E-state index contributed by atoms with van der Waals surface area (Å²) < 4.78 is 10.8. The van der Waals surface area contributed by atoms with Crippen LogP contribution < -0.4 is 4.74 Å². The molecule has 102 valence electrons. The van der Waals surface area contributed by atoms with E-state index in [2.05, 4.69) is 10.2 Å². The number of carboxylic acids is 1. The first-order valence-electron chi connectivity index (χ1n) is 5.54. The first kappa shape index (κ1) is 12.8. The lowest BCUT2D eigenvalue weighted by Crippen LogP contribution is -2.00. The molecule has 0 saturated carbocycles. The third kappa shape index (κ3) is 2.56. The molecule has 1 N–H and O–H groups in total. The summed E-state index contributed by atoms with van der Waals surface area (Å²) in [6.45, 7) is 0.0371. The van der Waals surface area contributed by atoms with Crippen LogP contribution in [-0.2, 0) is 6.61 Å². The number of aromatic nitrogens is 2. The predicted molar refractivity (Wildman–Crippen MR) is 73.2 cm³/mol. The zero-order chi connectivity index (χ0) is 13.9. The summed E-state index contributed by atoms with van der Waals surface area (Å²) in [6, 6.07) is 5.37. The summed E-state index contributed by atoms with van der Waals surface area (Å²) in [7, 11) is 0. The van der Waals surface area contributed by atoms with Crippen LogP contribution in [0.2, 0.25) is 0 Å². The maximum atomic E-state index is 10.9. The van der Waals surface area contributed by atoms with Crippen LogP contribution in [0.3, 0.4) is 0 Å². The lowest BCUT2D eigenvalue weighted by molar-refractivity contribution is 0.0697. The Hall–Kier alpha value is -2.19. The van der Waals surface area contributed by atoms with E-state index >= 15 is 0 Å². The molecule has 0 aliphatic carbocycles. The molecule has 6 nitrogen and oxygen atoms in total. The molecule has 0 amide bonds. The molecule has 20 heavy (non-hydrogen) atoms. The van der Waals surface area contributed by atoms with Crippen LogP contribution in [-0.4, -0.2) is 21.3 Å². The number of ether oxygens (including phenoxy) is 1. The molecule has 3 aromatic rings. The van der Waals surface area contributed by atoms with Gasteiger partial charge in [-0.3, -0.25) is 0 Å². The van der Waals surface area contributed by atoms with Gasteiger partial charge in [0.15, 0.2) is 11.5 Å². The molecule has 0 aliphatic heterocycles. The van der Waals surface area contributed by atoms with Crippen molar-refractivity contribution in [1.82, 2.24) is 10.2 Å². The van der Waals surface area contributed by atoms with Gasteiger partial charge in [0.2, 0.25) is 0 Å². The molecule has 3 rings (SSSR count). The van der Waals surface area contributed by atoms with Gasteiger partial charge in [-0.15, -0.1) is 32.9 Å². The number of nitrogens with zero attached hydrogens (tertiary/aromatic N) is 2. The van der Waals surface area contributed by atoms with E-state index in [1.165, 1.54) is 11.3 Å². The smallest absolute Gasteiger partial charge is 0.349 e. The fraction of sp³-hybridized carbons (Fsp3) is 0.0833. The Morgan fingerprint density at radius 1 is 1.30 bits per heavy atom. The molecule has 0 spiro atoms. The normalized spacial score (nSPS) is 10.6. The van der Waals surface area contributed by atoms with Crippen LogP contribution in [0.1, 0.15) is 15.6 Å². The Balaban J connectivity index is 1.70. The number of carbonyl (C=O) groups is 1. The molecule has 0 bridgehead atoms. The lowest BCUT2D eigenvalue weighted by atomic mass is 10.4. The topological polar surface area (TPSA) is 85.5 Å². The number of aromatic carboxylic acids is 1. The quantitative estimate of drug-likeness (QED) is 0.779. The van der Waals surface area contributed by atoms with Crippen LogP contribution in [0.25, 0.3) is 10.8 Å². The van der Waals surface area contributed by atoms with E-state index in [1.807, 2.05) is 17.5 Å². The zero-order valence-corrected chi connectivity index (χ0v) is 11.6. The summed E-state index contributed by atoms with van der Waals surface area (Å²) in [5.74, 6) is 0.0245. The minimum Gasteiger partial charge on any atom is -0.482 e. The van der Waals surface area contributed by atoms with Gasteiger partial charge in [0.25, 0.3) is 11.8 Å². The van der Waals surface area contributed by atoms with Gasteiger partial charge in [-0.05, 0) is 22.9 Å². The average molecular weight is 308 g/mol. The van der Waals surface area contributed by atoms with E-state index in [-0.39, 0.29) is 11.5 Å². The summed E-state index contributed by atoms with van der Waals surface area (Å²) in [5.41, 5.74) is 0. The van der Waals surface area contributed by atoms with Crippen molar-refractivity contribution in [2.24, 2.45) is 0 Å². The number of hydrogen-bond donors (Lipinski definition) is 1. The Morgan fingerprint density at radius 3 is 2.95 bits per heavy atom. The van der Waals surface area contributed by atoms with Crippen LogP contribution in [0.5, 0.6) is 5.75 Å². The van der Waals surface area contributed by atoms with Crippen LogP contribution >= 0.6 is 22.7 Å². The Morgan fingerprint density at radius 2 is 2.20 bits per heavy atom. The highest BCUT2D eigenvalue weighted by atomic mass is 32.1. The van der Waals surface area contributed by atoms with Gasteiger partial charge in [-0.1, -0.05) is 6.07 Å². The maximum Gasteiger partial charge on any atom is 0.349 e. The SMILES string of the molecule is O=C(O)c1sccc1OCc1nnc(-c2cccs2)o1. The van der Waals surface area contributed by atoms with Gasteiger partial charge in [-0.2, -0.15) is 0 Å². The highest BCUT2D eigenvalue weighted by Crippen LogP contribution is 2.26. The number of thiophene rings is 2. The largest absolute Gasteiger partial charge is 0.482 e. The lowest BCUT2D eigenvalue weighted by Gasteiger charge is -2.01. The third-order valence-electron chi connectivity index (χ3n) is 2.37. The van der Waals surface area contributed by atoms with Gasteiger partial charge >= 0.3 is 5.97 Å². The van der Waals surface area contributed by atoms with Crippen molar-refractivity contribution in [2.75, 3.05) is 0 Å². The molecule has 0 unspecified atom stereocenters. The first-order valence-corrected chi connectivity index (χ1v) is 7.30. The zero-order valence-electron chi connectivity index (χ0n) is 9.98. The number of carboxylic acid groups (broad SMARTS) is 1. The number of rotatable bonds is 5. The maximum absolute atomic E-state index is 10.9. The molecular formula is C12H8N2O4S2. The number of hydrogen-bond acceptors (Lipinski definition) is 7. The average Bonchev–Trinajstić information content (AvgIpc) is 3.16. The molecule has 3 heterocycles. The molecule has 0 saturated heterocycles. The minimum atomic E-state index is -1.01. The van der Waals surface area contributed by atoms with E-state index in [4.69, 9.17) is 14.3 Å². The standard InChI is InChI=1S/C12H8N2O4S2/c15-12(16)10-7(3-5-20-10)17-6-9-13-14-11(18-9)8-2-1-4-19-8/h1-5H,6H2,(H,15,16). The highest BCUT2D eigenvalue weighted by molar-refractivity contribution is 7.13. The van der Waals surface area contributed by atoms with Crippen molar-refractivity contribution in [1.29, 1.82) is 0 Å².